The van der Waals surface area contributed by atoms with Crippen molar-refractivity contribution in [1.29, 1.82) is 0 Å². The first-order chi connectivity index (χ1) is 16.2. The Morgan fingerprint density at radius 1 is 0.853 bits per heavy atom. The van der Waals surface area contributed by atoms with Crippen LogP contribution in [-0.2, 0) is 4.74 Å². The third-order valence-electron chi connectivity index (χ3n) is 5.83. The molecule has 2 aromatic carbocycles. The first kappa shape index (κ1) is 26.0. The van der Waals surface area contributed by atoms with Crippen molar-refractivity contribution in [1.82, 2.24) is 0 Å². The molecule has 0 aromatic heterocycles. The van der Waals surface area contributed by atoms with Crippen molar-refractivity contribution in [2.75, 3.05) is 27.4 Å². The van der Waals surface area contributed by atoms with E-state index >= 15 is 0 Å². The summed E-state index contributed by atoms with van der Waals surface area (Å²) in [6.45, 7) is -1.00. The highest BCUT2D eigenvalue weighted by molar-refractivity contribution is 5.46. The topological polar surface area (TPSA) is 179 Å². The second-order valence-corrected chi connectivity index (χ2v) is 7.89. The number of ether oxygens (including phenoxy) is 4. The minimum absolute atomic E-state index is 0.0752. The molecule has 0 bridgehead atoms. The van der Waals surface area contributed by atoms with E-state index in [9.17, 15) is 35.7 Å². The lowest BCUT2D eigenvalue weighted by atomic mass is 9.89. The lowest BCUT2D eigenvalue weighted by molar-refractivity contribution is -0.277. The molecule has 7 atom stereocenters. The largest absolute Gasteiger partial charge is 0.504 e. The number of phenols is 1. The summed E-state index contributed by atoms with van der Waals surface area (Å²) in [5.41, 5.74) is 0.911. The SMILES string of the molecule is COc1cc(C(CO)C(O)c2ccc(OC3OC(CO)C(O)C(O)C3O)c(OC)c2)ccc1O. The average molecular weight is 482 g/mol. The van der Waals surface area contributed by atoms with E-state index in [1.54, 1.807) is 6.07 Å². The summed E-state index contributed by atoms with van der Waals surface area (Å²) in [7, 11) is 2.75. The first-order valence-corrected chi connectivity index (χ1v) is 10.6. The van der Waals surface area contributed by atoms with E-state index in [1.165, 1.54) is 44.6 Å². The van der Waals surface area contributed by atoms with Crippen LogP contribution in [-0.4, -0.2) is 93.9 Å². The summed E-state index contributed by atoms with van der Waals surface area (Å²) in [4.78, 5) is 0. The van der Waals surface area contributed by atoms with Crippen molar-refractivity contribution in [3.63, 3.8) is 0 Å². The van der Waals surface area contributed by atoms with Crippen molar-refractivity contribution in [3.8, 4) is 23.0 Å². The predicted octanol–water partition coefficient (Wildman–Crippen LogP) is -0.602. The molecule has 1 aliphatic rings. The van der Waals surface area contributed by atoms with E-state index in [0.717, 1.165) is 0 Å². The summed E-state index contributed by atoms with van der Waals surface area (Å²) in [5.74, 6) is -0.364. The van der Waals surface area contributed by atoms with E-state index in [1.807, 2.05) is 0 Å². The van der Waals surface area contributed by atoms with Gasteiger partial charge in [-0.25, -0.2) is 0 Å². The maximum Gasteiger partial charge on any atom is 0.229 e. The Morgan fingerprint density at radius 3 is 2.12 bits per heavy atom. The van der Waals surface area contributed by atoms with Gasteiger partial charge in [-0.05, 0) is 35.4 Å². The third kappa shape index (κ3) is 5.20. The molecule has 7 N–H and O–H groups in total. The van der Waals surface area contributed by atoms with E-state index in [-0.39, 0.29) is 23.0 Å². The quantitative estimate of drug-likeness (QED) is 0.243. The summed E-state index contributed by atoms with van der Waals surface area (Å²) in [5, 5.41) is 70.1. The number of rotatable bonds is 9. The summed E-state index contributed by atoms with van der Waals surface area (Å²) < 4.78 is 21.4. The van der Waals surface area contributed by atoms with Crippen molar-refractivity contribution in [2.45, 2.75) is 42.7 Å². The fourth-order valence-corrected chi connectivity index (χ4v) is 3.80. The highest BCUT2D eigenvalue weighted by Crippen LogP contribution is 2.39. The molecule has 1 heterocycles. The number of hydrogen-bond acceptors (Lipinski definition) is 11. The van der Waals surface area contributed by atoms with Crippen LogP contribution < -0.4 is 14.2 Å². The molecule has 1 aliphatic heterocycles. The number of aliphatic hydroxyl groups excluding tert-OH is 6. The van der Waals surface area contributed by atoms with Crippen LogP contribution in [0.15, 0.2) is 36.4 Å². The van der Waals surface area contributed by atoms with Gasteiger partial charge in [0.1, 0.15) is 24.4 Å². The Bertz CT molecular complexity index is 951. The zero-order valence-corrected chi connectivity index (χ0v) is 18.7. The van der Waals surface area contributed by atoms with Gasteiger partial charge in [0.25, 0.3) is 0 Å². The zero-order chi connectivity index (χ0) is 25.0. The number of aliphatic hydroxyl groups is 6. The molecule has 1 fully saturated rings. The lowest BCUT2D eigenvalue weighted by Gasteiger charge is -2.39. The molecule has 0 aliphatic carbocycles. The molecule has 11 nitrogen and oxygen atoms in total. The minimum atomic E-state index is -1.60. The Kier molecular flexibility index (Phi) is 8.55. The molecule has 34 heavy (non-hydrogen) atoms. The van der Waals surface area contributed by atoms with E-state index in [2.05, 4.69) is 0 Å². The molecular weight excluding hydrogens is 452 g/mol. The van der Waals surface area contributed by atoms with E-state index in [4.69, 9.17) is 18.9 Å². The Labute approximate surface area is 196 Å². The molecule has 11 heteroatoms. The molecule has 3 rings (SSSR count). The van der Waals surface area contributed by atoms with Crippen LogP contribution in [0.3, 0.4) is 0 Å². The monoisotopic (exact) mass is 482 g/mol. The number of phenolic OH excluding ortho intramolecular Hbond substituents is 1. The van der Waals surface area contributed by atoms with E-state index in [0.29, 0.717) is 11.1 Å². The molecule has 0 spiro atoms. The molecule has 7 unspecified atom stereocenters. The van der Waals surface area contributed by atoms with Gasteiger partial charge >= 0.3 is 0 Å². The van der Waals surface area contributed by atoms with Crippen LogP contribution in [0.4, 0.5) is 0 Å². The van der Waals surface area contributed by atoms with Crippen LogP contribution >= 0.6 is 0 Å². The Hall–Kier alpha value is -2.64. The van der Waals surface area contributed by atoms with Gasteiger partial charge in [-0.2, -0.15) is 0 Å². The Morgan fingerprint density at radius 2 is 1.50 bits per heavy atom. The third-order valence-corrected chi connectivity index (χ3v) is 5.83. The molecule has 1 saturated heterocycles. The maximum atomic E-state index is 11.0. The van der Waals surface area contributed by atoms with Crippen molar-refractivity contribution >= 4 is 0 Å². The minimum Gasteiger partial charge on any atom is -0.504 e. The van der Waals surface area contributed by atoms with Gasteiger partial charge in [-0.3, -0.25) is 0 Å². The average Bonchev–Trinajstić information content (AvgIpc) is 2.85. The van der Waals surface area contributed by atoms with Crippen LogP contribution in [0.2, 0.25) is 0 Å². The van der Waals surface area contributed by atoms with Crippen molar-refractivity contribution in [2.24, 2.45) is 0 Å². The molecular formula is C23H30O11. The van der Waals surface area contributed by atoms with Crippen LogP contribution in [0.1, 0.15) is 23.1 Å². The summed E-state index contributed by atoms with van der Waals surface area (Å²) in [6, 6.07) is 8.94. The van der Waals surface area contributed by atoms with Gasteiger partial charge in [-0.15, -0.1) is 0 Å². The van der Waals surface area contributed by atoms with Crippen LogP contribution in [0.5, 0.6) is 23.0 Å². The van der Waals surface area contributed by atoms with Gasteiger partial charge in [0, 0.05) is 5.92 Å². The summed E-state index contributed by atoms with van der Waals surface area (Å²) in [6.07, 6.45) is -8.44. The molecule has 0 amide bonds. The zero-order valence-electron chi connectivity index (χ0n) is 18.7. The predicted molar refractivity (Wildman–Crippen MR) is 117 cm³/mol. The molecule has 188 valence electrons. The van der Waals surface area contributed by atoms with Gasteiger partial charge in [-0.1, -0.05) is 12.1 Å². The molecule has 0 saturated carbocycles. The fourth-order valence-electron chi connectivity index (χ4n) is 3.80. The second kappa shape index (κ2) is 11.2. The number of aromatic hydroxyl groups is 1. The number of methoxy groups -OCH3 is 2. The second-order valence-electron chi connectivity index (χ2n) is 7.89. The number of benzene rings is 2. The fraction of sp³-hybridized carbons (Fsp3) is 0.478. The first-order valence-electron chi connectivity index (χ1n) is 10.6. The smallest absolute Gasteiger partial charge is 0.229 e. The lowest BCUT2D eigenvalue weighted by Crippen LogP contribution is -2.60. The molecule has 2 aromatic rings. The highest BCUT2D eigenvalue weighted by Gasteiger charge is 2.45. The van der Waals surface area contributed by atoms with Gasteiger partial charge in [0.15, 0.2) is 23.0 Å². The molecule has 0 radical (unpaired) electrons. The van der Waals surface area contributed by atoms with Crippen molar-refractivity contribution < 1.29 is 54.7 Å². The van der Waals surface area contributed by atoms with Gasteiger partial charge < -0.3 is 54.7 Å². The van der Waals surface area contributed by atoms with Crippen molar-refractivity contribution in [3.05, 3.63) is 47.5 Å². The standard InChI is InChI=1S/C23H30O11/c1-31-16-7-11(3-5-14(16)26)13(9-24)19(27)12-4-6-15(17(8-12)32-2)33-23-22(30)21(29)20(28)18(10-25)34-23/h3-8,13,18-30H,9-10H2,1-2H3. The number of hydrogen-bond donors (Lipinski definition) is 7. The Balaban J connectivity index is 1.84. The van der Waals surface area contributed by atoms with E-state index < -0.39 is 55.9 Å². The van der Waals surface area contributed by atoms with Gasteiger partial charge in [0.2, 0.25) is 6.29 Å². The normalized spacial score (nSPS) is 26.5. The maximum absolute atomic E-state index is 11.0. The highest BCUT2D eigenvalue weighted by atomic mass is 16.7. The van der Waals surface area contributed by atoms with Crippen LogP contribution in [0, 0.1) is 0 Å². The summed E-state index contributed by atoms with van der Waals surface area (Å²) >= 11 is 0. The van der Waals surface area contributed by atoms with Crippen LogP contribution in [0.25, 0.3) is 0 Å². The van der Waals surface area contributed by atoms with Gasteiger partial charge in [0.05, 0.1) is 33.5 Å².